The summed E-state index contributed by atoms with van der Waals surface area (Å²) in [5, 5.41) is 21.9. The van der Waals surface area contributed by atoms with Crippen LogP contribution in [0, 0.1) is 0 Å². The molecule has 1 rings (SSSR count). The topological polar surface area (TPSA) is 61.7 Å². The molecule has 0 amide bonds. The lowest BCUT2D eigenvalue weighted by atomic mass is 10.0. The number of methoxy groups -OCH3 is 1. The Hall–Kier alpha value is -0.810. The van der Waals surface area contributed by atoms with Crippen LogP contribution in [0.5, 0.6) is 5.75 Å². The van der Waals surface area contributed by atoms with Crippen LogP contribution < -0.4 is 10.1 Å². The fraction of sp³-hybridized carbons (Fsp3) is 0.500. The molecular weight excluding hydrogens is 242 g/mol. The van der Waals surface area contributed by atoms with Gasteiger partial charge in [-0.3, -0.25) is 0 Å². The van der Waals surface area contributed by atoms with Gasteiger partial charge in [-0.25, -0.2) is 0 Å². The summed E-state index contributed by atoms with van der Waals surface area (Å²) >= 11 is 6.08. The van der Waals surface area contributed by atoms with Gasteiger partial charge in [0.25, 0.3) is 0 Å². The maximum Gasteiger partial charge on any atom is 0.120 e. The average Bonchev–Trinajstić information content (AvgIpc) is 2.36. The van der Waals surface area contributed by atoms with Crippen LogP contribution in [-0.4, -0.2) is 36.1 Å². The lowest BCUT2D eigenvalue weighted by Gasteiger charge is -2.26. The molecule has 0 spiro atoms. The number of aliphatic hydroxyl groups excluding tert-OH is 2. The van der Waals surface area contributed by atoms with Gasteiger partial charge in [-0.05, 0) is 24.6 Å². The molecule has 0 radical (unpaired) electrons. The van der Waals surface area contributed by atoms with Gasteiger partial charge in [-0.15, -0.1) is 0 Å². The lowest BCUT2D eigenvalue weighted by Crippen LogP contribution is -2.48. The summed E-state index contributed by atoms with van der Waals surface area (Å²) in [5.41, 5.74) is 0.184. The maximum atomic E-state index is 9.14. The Balaban J connectivity index is 2.69. The zero-order valence-electron chi connectivity index (χ0n) is 10.0. The lowest BCUT2D eigenvalue weighted by molar-refractivity contribution is 0.103. The summed E-state index contributed by atoms with van der Waals surface area (Å²) in [5.74, 6) is 0.700. The molecule has 0 unspecified atom stereocenters. The van der Waals surface area contributed by atoms with Crippen LogP contribution in [-0.2, 0) is 6.54 Å². The SMILES string of the molecule is COc1ccc(CNC(C)(CO)CO)c(Cl)c1. The van der Waals surface area contributed by atoms with Crippen LogP contribution in [0.2, 0.25) is 5.02 Å². The second-order valence-electron chi connectivity index (χ2n) is 4.19. The third-order valence-corrected chi connectivity index (χ3v) is 3.02. The van der Waals surface area contributed by atoms with Gasteiger partial charge >= 0.3 is 0 Å². The van der Waals surface area contributed by atoms with Crippen molar-refractivity contribution in [3.8, 4) is 5.75 Å². The van der Waals surface area contributed by atoms with Crippen molar-refractivity contribution < 1.29 is 14.9 Å². The first kappa shape index (κ1) is 14.3. The second kappa shape index (κ2) is 6.21. The highest BCUT2D eigenvalue weighted by molar-refractivity contribution is 6.31. The van der Waals surface area contributed by atoms with Gasteiger partial charge in [-0.2, -0.15) is 0 Å². The van der Waals surface area contributed by atoms with Gasteiger partial charge in [0.2, 0.25) is 0 Å². The van der Waals surface area contributed by atoms with E-state index in [-0.39, 0.29) is 13.2 Å². The highest BCUT2D eigenvalue weighted by atomic mass is 35.5. The molecule has 1 aromatic carbocycles. The minimum Gasteiger partial charge on any atom is -0.497 e. The second-order valence-corrected chi connectivity index (χ2v) is 4.59. The summed E-state index contributed by atoms with van der Waals surface area (Å²) in [7, 11) is 1.58. The van der Waals surface area contributed by atoms with E-state index < -0.39 is 5.54 Å². The van der Waals surface area contributed by atoms with Crippen LogP contribution in [0.15, 0.2) is 18.2 Å². The third-order valence-electron chi connectivity index (χ3n) is 2.66. The number of ether oxygens (including phenoxy) is 1. The molecule has 0 aliphatic carbocycles. The Morgan fingerprint density at radius 2 is 2.00 bits per heavy atom. The molecular formula is C12H18ClNO3. The van der Waals surface area contributed by atoms with Crippen molar-refractivity contribution in [1.82, 2.24) is 5.32 Å². The average molecular weight is 260 g/mol. The van der Waals surface area contributed by atoms with E-state index in [1.54, 1.807) is 20.1 Å². The number of rotatable bonds is 6. The Kier molecular flexibility index (Phi) is 5.21. The molecule has 4 nitrogen and oxygen atoms in total. The van der Waals surface area contributed by atoms with Crippen molar-refractivity contribution in [1.29, 1.82) is 0 Å². The largest absolute Gasteiger partial charge is 0.497 e. The summed E-state index contributed by atoms with van der Waals surface area (Å²) in [6.45, 7) is 1.93. The van der Waals surface area contributed by atoms with E-state index in [1.165, 1.54) is 0 Å². The molecule has 3 N–H and O–H groups in total. The van der Waals surface area contributed by atoms with Gasteiger partial charge < -0.3 is 20.3 Å². The monoisotopic (exact) mass is 259 g/mol. The number of benzene rings is 1. The quantitative estimate of drug-likeness (QED) is 0.718. The fourth-order valence-corrected chi connectivity index (χ4v) is 1.51. The molecule has 0 aromatic heterocycles. The predicted molar refractivity (Wildman–Crippen MR) is 67.4 cm³/mol. The molecule has 1 aromatic rings. The van der Waals surface area contributed by atoms with E-state index in [0.717, 1.165) is 5.56 Å². The van der Waals surface area contributed by atoms with Crippen LogP contribution in [0.1, 0.15) is 12.5 Å². The van der Waals surface area contributed by atoms with Crippen molar-refractivity contribution in [2.24, 2.45) is 0 Å². The van der Waals surface area contributed by atoms with Crippen molar-refractivity contribution in [3.05, 3.63) is 28.8 Å². The standard InChI is InChI=1S/C12H18ClNO3/c1-12(7-15,8-16)14-6-9-3-4-10(17-2)5-11(9)13/h3-5,14-16H,6-8H2,1-2H3. The molecule has 0 fully saturated rings. The number of aliphatic hydroxyl groups is 2. The van der Waals surface area contributed by atoms with E-state index >= 15 is 0 Å². The maximum absolute atomic E-state index is 9.14. The number of halogens is 1. The zero-order valence-corrected chi connectivity index (χ0v) is 10.8. The van der Waals surface area contributed by atoms with Gasteiger partial charge in [0.05, 0.1) is 25.9 Å². The molecule has 0 heterocycles. The van der Waals surface area contributed by atoms with Crippen molar-refractivity contribution >= 4 is 11.6 Å². The summed E-state index contributed by atoms with van der Waals surface area (Å²) in [4.78, 5) is 0. The molecule has 96 valence electrons. The molecule has 0 bridgehead atoms. The minimum atomic E-state index is -0.705. The minimum absolute atomic E-state index is 0.142. The summed E-state index contributed by atoms with van der Waals surface area (Å²) in [6.07, 6.45) is 0. The Bertz CT molecular complexity index is 367. The first-order valence-electron chi connectivity index (χ1n) is 5.34. The van der Waals surface area contributed by atoms with Crippen LogP contribution in [0.25, 0.3) is 0 Å². The third kappa shape index (κ3) is 3.85. The van der Waals surface area contributed by atoms with Gasteiger partial charge in [0.1, 0.15) is 5.75 Å². The highest BCUT2D eigenvalue weighted by Gasteiger charge is 2.21. The fourth-order valence-electron chi connectivity index (χ4n) is 1.27. The normalized spacial score (nSPS) is 11.6. The molecule has 0 saturated carbocycles. The first-order valence-corrected chi connectivity index (χ1v) is 5.71. The van der Waals surface area contributed by atoms with Crippen LogP contribution in [0.3, 0.4) is 0 Å². The van der Waals surface area contributed by atoms with Gasteiger partial charge in [-0.1, -0.05) is 17.7 Å². The molecule has 17 heavy (non-hydrogen) atoms. The smallest absolute Gasteiger partial charge is 0.120 e. The van der Waals surface area contributed by atoms with Crippen molar-refractivity contribution in [2.75, 3.05) is 20.3 Å². The van der Waals surface area contributed by atoms with E-state index in [4.69, 9.17) is 26.6 Å². The van der Waals surface area contributed by atoms with E-state index in [9.17, 15) is 0 Å². The van der Waals surface area contributed by atoms with Gasteiger partial charge in [0.15, 0.2) is 0 Å². The summed E-state index contributed by atoms with van der Waals surface area (Å²) in [6, 6.07) is 5.40. The van der Waals surface area contributed by atoms with Crippen LogP contribution in [0.4, 0.5) is 0 Å². The van der Waals surface area contributed by atoms with E-state index in [2.05, 4.69) is 5.32 Å². The first-order chi connectivity index (χ1) is 8.04. The van der Waals surface area contributed by atoms with Crippen LogP contribution >= 0.6 is 11.6 Å². The zero-order chi connectivity index (χ0) is 12.9. The molecule has 0 atom stereocenters. The molecule has 0 saturated heterocycles. The number of nitrogens with one attached hydrogen (secondary N) is 1. The van der Waals surface area contributed by atoms with E-state index in [1.807, 2.05) is 12.1 Å². The Morgan fingerprint density at radius 3 is 2.47 bits per heavy atom. The number of hydrogen-bond acceptors (Lipinski definition) is 4. The predicted octanol–water partition coefficient (Wildman–Crippen LogP) is 1.18. The van der Waals surface area contributed by atoms with E-state index in [0.29, 0.717) is 17.3 Å². The summed E-state index contributed by atoms with van der Waals surface area (Å²) < 4.78 is 5.05. The Labute approximate surface area is 106 Å². The van der Waals surface area contributed by atoms with Gasteiger partial charge in [0, 0.05) is 11.6 Å². The highest BCUT2D eigenvalue weighted by Crippen LogP contribution is 2.22. The molecule has 5 heteroatoms. The van der Waals surface area contributed by atoms with Crippen molar-refractivity contribution in [2.45, 2.75) is 19.0 Å². The Morgan fingerprint density at radius 1 is 1.35 bits per heavy atom. The molecule has 0 aliphatic heterocycles. The number of hydrogen-bond donors (Lipinski definition) is 3. The molecule has 0 aliphatic rings. The van der Waals surface area contributed by atoms with Crippen molar-refractivity contribution in [3.63, 3.8) is 0 Å².